The molecule has 0 aromatic rings. The van der Waals surface area contributed by atoms with Crippen LogP contribution in [-0.4, -0.2) is 40.7 Å². The molecule has 2 saturated heterocycles. The lowest BCUT2D eigenvalue weighted by Gasteiger charge is -2.33. The standard InChI is InChI=1S/C15H22N2O3S/c18-8-11(16-14(20)12-9-21-12)6-10-7-15(17-13(10)19)4-2-1-3-5-15/h8,10-12H,1-7,9H2,(H,16,20)(H,17,19). The zero-order valence-electron chi connectivity index (χ0n) is 12.1. The Labute approximate surface area is 129 Å². The molecule has 5 nitrogen and oxygen atoms in total. The summed E-state index contributed by atoms with van der Waals surface area (Å²) in [6.07, 6.45) is 7.68. The Hall–Kier alpha value is -1.04. The van der Waals surface area contributed by atoms with Crippen molar-refractivity contribution in [3.8, 4) is 0 Å². The molecule has 21 heavy (non-hydrogen) atoms. The molecule has 1 saturated carbocycles. The zero-order valence-corrected chi connectivity index (χ0v) is 12.9. The Morgan fingerprint density at radius 3 is 2.76 bits per heavy atom. The maximum atomic E-state index is 12.2. The lowest BCUT2D eigenvalue weighted by Crippen LogP contribution is -2.43. The van der Waals surface area contributed by atoms with E-state index >= 15 is 0 Å². The number of thioether (sulfide) groups is 1. The molecule has 0 radical (unpaired) electrons. The van der Waals surface area contributed by atoms with E-state index in [1.165, 1.54) is 19.3 Å². The minimum absolute atomic E-state index is 0.00883. The van der Waals surface area contributed by atoms with Gasteiger partial charge < -0.3 is 15.4 Å². The Balaban J connectivity index is 1.56. The molecule has 3 aliphatic rings. The van der Waals surface area contributed by atoms with Crippen molar-refractivity contribution in [1.82, 2.24) is 10.6 Å². The molecule has 3 atom stereocenters. The number of amides is 2. The largest absolute Gasteiger partial charge is 0.350 e. The minimum atomic E-state index is -0.534. The van der Waals surface area contributed by atoms with Gasteiger partial charge in [0.05, 0.1) is 11.3 Å². The van der Waals surface area contributed by atoms with Gasteiger partial charge in [0, 0.05) is 17.2 Å². The fraction of sp³-hybridized carbons (Fsp3) is 0.800. The number of nitrogens with one attached hydrogen (secondary N) is 2. The van der Waals surface area contributed by atoms with Gasteiger partial charge in [-0.15, -0.1) is 11.8 Å². The average Bonchev–Trinajstić information content (AvgIpc) is 3.27. The number of hydrogen-bond donors (Lipinski definition) is 2. The topological polar surface area (TPSA) is 75.3 Å². The molecular weight excluding hydrogens is 288 g/mol. The molecule has 2 aliphatic heterocycles. The molecule has 3 fully saturated rings. The van der Waals surface area contributed by atoms with Crippen LogP contribution < -0.4 is 10.6 Å². The van der Waals surface area contributed by atoms with E-state index in [2.05, 4.69) is 10.6 Å². The predicted octanol–water partition coefficient (Wildman–Crippen LogP) is 1.01. The summed E-state index contributed by atoms with van der Waals surface area (Å²) in [7, 11) is 0. The van der Waals surface area contributed by atoms with Gasteiger partial charge in [0.15, 0.2) is 0 Å². The van der Waals surface area contributed by atoms with E-state index in [0.29, 0.717) is 6.42 Å². The Kier molecular flexibility index (Phi) is 4.24. The van der Waals surface area contributed by atoms with Crippen LogP contribution in [0.5, 0.6) is 0 Å². The predicted molar refractivity (Wildman–Crippen MR) is 80.9 cm³/mol. The first-order valence-corrected chi connectivity index (χ1v) is 8.86. The highest BCUT2D eigenvalue weighted by Gasteiger charge is 2.45. The second kappa shape index (κ2) is 5.99. The summed E-state index contributed by atoms with van der Waals surface area (Å²) < 4.78 is 0. The number of carbonyl (C=O) groups excluding carboxylic acids is 3. The zero-order chi connectivity index (χ0) is 14.9. The Morgan fingerprint density at radius 1 is 1.43 bits per heavy atom. The second-order valence-electron chi connectivity index (χ2n) is 6.54. The lowest BCUT2D eigenvalue weighted by molar-refractivity contribution is -0.125. The van der Waals surface area contributed by atoms with Crippen LogP contribution in [-0.2, 0) is 14.4 Å². The molecule has 116 valence electrons. The van der Waals surface area contributed by atoms with Crippen LogP contribution in [0.2, 0.25) is 0 Å². The molecule has 0 bridgehead atoms. The van der Waals surface area contributed by atoms with Gasteiger partial charge in [-0.1, -0.05) is 19.3 Å². The smallest absolute Gasteiger partial charge is 0.234 e. The molecule has 3 rings (SSSR count). The summed E-state index contributed by atoms with van der Waals surface area (Å²) in [6.45, 7) is 0. The fourth-order valence-corrected chi connectivity index (χ4v) is 4.12. The molecule has 3 unspecified atom stereocenters. The SMILES string of the molecule is O=CC(CC1CC2(CCCCC2)NC1=O)NC(=O)C1CS1. The highest BCUT2D eigenvalue weighted by molar-refractivity contribution is 8.07. The molecule has 6 heteroatoms. The van der Waals surface area contributed by atoms with E-state index in [1.54, 1.807) is 11.8 Å². The summed E-state index contributed by atoms with van der Waals surface area (Å²) in [5, 5.41) is 5.93. The second-order valence-corrected chi connectivity index (χ2v) is 7.78. The highest BCUT2D eigenvalue weighted by Crippen LogP contribution is 2.39. The fourth-order valence-electron chi connectivity index (χ4n) is 3.66. The number of carbonyl (C=O) groups is 3. The highest BCUT2D eigenvalue weighted by atomic mass is 32.2. The van der Waals surface area contributed by atoms with Gasteiger partial charge in [-0.3, -0.25) is 9.59 Å². The summed E-state index contributed by atoms with van der Waals surface area (Å²) in [6, 6.07) is -0.534. The maximum absolute atomic E-state index is 12.2. The van der Waals surface area contributed by atoms with Crippen molar-refractivity contribution in [2.45, 2.75) is 61.8 Å². The van der Waals surface area contributed by atoms with E-state index in [-0.39, 0.29) is 28.5 Å². The van der Waals surface area contributed by atoms with Crippen LogP contribution in [0.4, 0.5) is 0 Å². The van der Waals surface area contributed by atoms with E-state index in [4.69, 9.17) is 0 Å². The molecule has 1 aliphatic carbocycles. The van der Waals surface area contributed by atoms with Gasteiger partial charge in [0.25, 0.3) is 0 Å². The Morgan fingerprint density at radius 2 is 2.14 bits per heavy atom. The molecule has 2 N–H and O–H groups in total. The third-order valence-corrected chi connectivity index (χ3v) is 5.74. The van der Waals surface area contributed by atoms with Crippen LogP contribution in [0.25, 0.3) is 0 Å². The van der Waals surface area contributed by atoms with Crippen LogP contribution in [0, 0.1) is 5.92 Å². The van der Waals surface area contributed by atoms with Crippen molar-refractivity contribution in [2.75, 3.05) is 5.75 Å². The Bertz CT molecular complexity index is 444. The summed E-state index contributed by atoms with van der Waals surface area (Å²) in [5.41, 5.74) is -0.0379. The number of hydrogen-bond acceptors (Lipinski definition) is 4. The molecule has 0 aromatic carbocycles. The van der Waals surface area contributed by atoms with Gasteiger partial charge in [-0.05, 0) is 25.7 Å². The normalized spacial score (nSPS) is 31.5. The first-order valence-electron chi connectivity index (χ1n) is 7.81. The van der Waals surface area contributed by atoms with Crippen molar-refractivity contribution in [1.29, 1.82) is 0 Å². The monoisotopic (exact) mass is 310 g/mol. The molecule has 1 spiro atoms. The summed E-state index contributed by atoms with van der Waals surface area (Å²) in [4.78, 5) is 35.1. The first kappa shape index (κ1) is 14.9. The average molecular weight is 310 g/mol. The lowest BCUT2D eigenvalue weighted by atomic mass is 9.78. The van der Waals surface area contributed by atoms with Crippen molar-refractivity contribution in [2.24, 2.45) is 5.92 Å². The van der Waals surface area contributed by atoms with Gasteiger partial charge in [-0.25, -0.2) is 0 Å². The molecule has 2 heterocycles. The molecular formula is C15H22N2O3S. The van der Waals surface area contributed by atoms with Crippen molar-refractivity contribution < 1.29 is 14.4 Å². The molecule has 2 amide bonds. The van der Waals surface area contributed by atoms with Crippen LogP contribution in [0.1, 0.15) is 44.9 Å². The van der Waals surface area contributed by atoms with Gasteiger partial charge in [0.2, 0.25) is 11.8 Å². The third-order valence-electron chi connectivity index (χ3n) is 4.86. The number of rotatable bonds is 5. The van der Waals surface area contributed by atoms with Crippen molar-refractivity contribution >= 4 is 29.9 Å². The molecule has 0 aromatic heterocycles. The first-order chi connectivity index (χ1) is 10.1. The van der Waals surface area contributed by atoms with E-state index < -0.39 is 6.04 Å². The van der Waals surface area contributed by atoms with E-state index in [9.17, 15) is 14.4 Å². The quantitative estimate of drug-likeness (QED) is 0.587. The van der Waals surface area contributed by atoms with E-state index in [1.807, 2.05) is 0 Å². The van der Waals surface area contributed by atoms with Crippen molar-refractivity contribution in [3.63, 3.8) is 0 Å². The van der Waals surface area contributed by atoms with Crippen molar-refractivity contribution in [3.05, 3.63) is 0 Å². The summed E-state index contributed by atoms with van der Waals surface area (Å²) in [5.74, 6) is 0.678. The van der Waals surface area contributed by atoms with Gasteiger partial charge in [0.1, 0.15) is 6.29 Å². The van der Waals surface area contributed by atoms with E-state index in [0.717, 1.165) is 31.3 Å². The van der Waals surface area contributed by atoms with Crippen LogP contribution >= 0.6 is 11.8 Å². The van der Waals surface area contributed by atoms with Gasteiger partial charge >= 0.3 is 0 Å². The van der Waals surface area contributed by atoms with Gasteiger partial charge in [-0.2, -0.15) is 0 Å². The van der Waals surface area contributed by atoms with Crippen LogP contribution in [0.15, 0.2) is 0 Å². The summed E-state index contributed by atoms with van der Waals surface area (Å²) >= 11 is 1.58. The maximum Gasteiger partial charge on any atom is 0.234 e. The number of aldehydes is 1. The van der Waals surface area contributed by atoms with Crippen LogP contribution in [0.3, 0.4) is 0 Å². The third kappa shape index (κ3) is 3.42. The minimum Gasteiger partial charge on any atom is -0.350 e.